The van der Waals surface area contributed by atoms with E-state index in [0.717, 1.165) is 16.9 Å². The molecule has 1 fully saturated rings. The molecule has 1 amide bonds. The highest BCUT2D eigenvalue weighted by atomic mass is 32.1. The number of ether oxygens (including phenoxy) is 1. The second-order valence-electron chi connectivity index (χ2n) is 5.38. The number of aromatic nitrogens is 2. The Hall–Kier alpha value is -1.66. The van der Waals surface area contributed by atoms with Gasteiger partial charge in [-0.1, -0.05) is 6.07 Å². The van der Waals surface area contributed by atoms with Crippen molar-refractivity contribution >= 4 is 17.2 Å². The van der Waals surface area contributed by atoms with Gasteiger partial charge in [-0.15, -0.1) is 11.3 Å². The monoisotopic (exact) mass is 305 g/mol. The molecule has 1 aliphatic rings. The van der Waals surface area contributed by atoms with Crippen LogP contribution in [0.2, 0.25) is 0 Å². The maximum atomic E-state index is 12.4. The van der Waals surface area contributed by atoms with E-state index in [2.05, 4.69) is 10.4 Å². The Bertz CT molecular complexity index is 608. The lowest BCUT2D eigenvalue weighted by atomic mass is 10.0. The first kappa shape index (κ1) is 14.3. The zero-order chi connectivity index (χ0) is 14.8. The van der Waals surface area contributed by atoms with Gasteiger partial charge in [0.2, 0.25) is 5.91 Å². The van der Waals surface area contributed by atoms with E-state index in [4.69, 9.17) is 4.74 Å². The fourth-order valence-electron chi connectivity index (χ4n) is 2.63. The predicted molar refractivity (Wildman–Crippen MR) is 81.2 cm³/mol. The summed E-state index contributed by atoms with van der Waals surface area (Å²) in [5, 5.41) is 9.30. The highest BCUT2D eigenvalue weighted by Crippen LogP contribution is 2.30. The molecule has 0 saturated carbocycles. The maximum absolute atomic E-state index is 12.4. The number of hydrogen-bond donors (Lipinski definition) is 1. The normalized spacial score (nSPS) is 23.1. The van der Waals surface area contributed by atoms with Crippen molar-refractivity contribution in [1.29, 1.82) is 0 Å². The molecular formula is C15H19N3O2S. The van der Waals surface area contributed by atoms with E-state index in [1.165, 1.54) is 0 Å². The second kappa shape index (κ2) is 5.99. The SMILES string of the molecule is CC(C(=O)N[C@H]1CCO[C@@H]1c1cnn(C)c1)c1cccs1. The Labute approximate surface area is 127 Å². The zero-order valence-electron chi connectivity index (χ0n) is 12.2. The van der Waals surface area contributed by atoms with Gasteiger partial charge < -0.3 is 10.1 Å². The van der Waals surface area contributed by atoms with E-state index < -0.39 is 0 Å². The molecule has 0 spiro atoms. The van der Waals surface area contributed by atoms with E-state index in [9.17, 15) is 4.79 Å². The van der Waals surface area contributed by atoms with Crippen LogP contribution in [-0.4, -0.2) is 28.3 Å². The average molecular weight is 305 g/mol. The molecule has 3 heterocycles. The van der Waals surface area contributed by atoms with Crippen LogP contribution in [-0.2, 0) is 16.6 Å². The molecule has 2 aromatic heterocycles. The average Bonchev–Trinajstić information content (AvgIpc) is 3.17. The van der Waals surface area contributed by atoms with Crippen molar-refractivity contribution < 1.29 is 9.53 Å². The lowest BCUT2D eigenvalue weighted by Crippen LogP contribution is -2.38. The van der Waals surface area contributed by atoms with Crippen LogP contribution in [0.5, 0.6) is 0 Å². The van der Waals surface area contributed by atoms with E-state index >= 15 is 0 Å². The summed E-state index contributed by atoms with van der Waals surface area (Å²) in [5.74, 6) is -0.0676. The number of amides is 1. The van der Waals surface area contributed by atoms with Gasteiger partial charge in [0.05, 0.1) is 18.2 Å². The molecule has 5 nitrogen and oxygen atoms in total. The molecule has 1 unspecified atom stereocenters. The Morgan fingerprint density at radius 1 is 1.62 bits per heavy atom. The predicted octanol–water partition coefficient (Wildman–Crippen LogP) is 2.23. The molecule has 2 aromatic rings. The van der Waals surface area contributed by atoms with Crippen LogP contribution in [0.4, 0.5) is 0 Å². The van der Waals surface area contributed by atoms with Crippen LogP contribution in [0, 0.1) is 0 Å². The van der Waals surface area contributed by atoms with Crippen LogP contribution in [0.15, 0.2) is 29.9 Å². The number of carbonyl (C=O) groups excluding carboxylic acids is 1. The van der Waals surface area contributed by atoms with Gasteiger partial charge in [-0.05, 0) is 24.8 Å². The summed E-state index contributed by atoms with van der Waals surface area (Å²) in [7, 11) is 1.88. The summed E-state index contributed by atoms with van der Waals surface area (Å²) in [6.45, 7) is 2.61. The van der Waals surface area contributed by atoms with E-state index in [-0.39, 0.29) is 24.0 Å². The van der Waals surface area contributed by atoms with Crippen LogP contribution >= 0.6 is 11.3 Å². The van der Waals surface area contributed by atoms with Crippen molar-refractivity contribution in [2.75, 3.05) is 6.61 Å². The lowest BCUT2D eigenvalue weighted by Gasteiger charge is -2.20. The molecule has 3 rings (SSSR count). The minimum Gasteiger partial charge on any atom is -0.371 e. The van der Waals surface area contributed by atoms with E-state index in [1.54, 1.807) is 22.2 Å². The Morgan fingerprint density at radius 3 is 3.14 bits per heavy atom. The number of rotatable bonds is 4. The Kier molecular flexibility index (Phi) is 4.07. The smallest absolute Gasteiger partial charge is 0.228 e. The molecule has 112 valence electrons. The fourth-order valence-corrected chi connectivity index (χ4v) is 3.41. The fraction of sp³-hybridized carbons (Fsp3) is 0.467. The molecule has 21 heavy (non-hydrogen) atoms. The summed E-state index contributed by atoms with van der Waals surface area (Å²) in [5.41, 5.74) is 1.02. The highest BCUT2D eigenvalue weighted by molar-refractivity contribution is 7.10. The minimum absolute atomic E-state index is 0.0177. The topological polar surface area (TPSA) is 56.1 Å². The van der Waals surface area contributed by atoms with Crippen LogP contribution < -0.4 is 5.32 Å². The molecular weight excluding hydrogens is 286 g/mol. The van der Waals surface area contributed by atoms with Crippen molar-refractivity contribution in [3.05, 3.63) is 40.3 Å². The van der Waals surface area contributed by atoms with Crippen LogP contribution in [0.1, 0.15) is 35.8 Å². The van der Waals surface area contributed by atoms with E-state index in [0.29, 0.717) is 6.61 Å². The molecule has 6 heteroatoms. The summed E-state index contributed by atoms with van der Waals surface area (Å²) < 4.78 is 7.52. The van der Waals surface area contributed by atoms with Crippen molar-refractivity contribution in [2.45, 2.75) is 31.4 Å². The molecule has 1 N–H and O–H groups in total. The largest absolute Gasteiger partial charge is 0.371 e. The first-order chi connectivity index (χ1) is 10.1. The number of nitrogens with one attached hydrogen (secondary N) is 1. The van der Waals surface area contributed by atoms with Crippen molar-refractivity contribution in [3.63, 3.8) is 0 Å². The third kappa shape index (κ3) is 3.01. The van der Waals surface area contributed by atoms with Crippen LogP contribution in [0.3, 0.4) is 0 Å². The molecule has 3 atom stereocenters. The molecule has 0 aromatic carbocycles. The molecule has 0 radical (unpaired) electrons. The number of thiophene rings is 1. The molecule has 1 saturated heterocycles. The van der Waals surface area contributed by atoms with Gasteiger partial charge in [-0.2, -0.15) is 5.10 Å². The molecule has 0 aliphatic carbocycles. The van der Waals surface area contributed by atoms with Crippen molar-refractivity contribution in [1.82, 2.24) is 15.1 Å². The summed E-state index contributed by atoms with van der Waals surface area (Å²) in [4.78, 5) is 13.5. The van der Waals surface area contributed by atoms with Gasteiger partial charge in [0.15, 0.2) is 0 Å². The van der Waals surface area contributed by atoms with Gasteiger partial charge in [0.25, 0.3) is 0 Å². The zero-order valence-corrected chi connectivity index (χ0v) is 13.0. The van der Waals surface area contributed by atoms with Gasteiger partial charge in [-0.3, -0.25) is 9.48 Å². The highest BCUT2D eigenvalue weighted by Gasteiger charge is 2.33. The first-order valence-corrected chi connectivity index (χ1v) is 7.97. The van der Waals surface area contributed by atoms with Gasteiger partial charge in [0.1, 0.15) is 6.10 Å². The minimum atomic E-state index is -0.125. The maximum Gasteiger partial charge on any atom is 0.228 e. The van der Waals surface area contributed by atoms with Gasteiger partial charge in [-0.25, -0.2) is 0 Å². The van der Waals surface area contributed by atoms with Crippen molar-refractivity contribution in [2.24, 2.45) is 7.05 Å². The molecule has 1 aliphatic heterocycles. The number of nitrogens with zero attached hydrogens (tertiary/aromatic N) is 2. The van der Waals surface area contributed by atoms with Gasteiger partial charge >= 0.3 is 0 Å². The van der Waals surface area contributed by atoms with Crippen LogP contribution in [0.25, 0.3) is 0 Å². The third-order valence-corrected chi connectivity index (χ3v) is 4.89. The van der Waals surface area contributed by atoms with E-state index in [1.807, 2.05) is 37.7 Å². The molecule has 0 bridgehead atoms. The first-order valence-electron chi connectivity index (χ1n) is 7.09. The Morgan fingerprint density at radius 2 is 2.48 bits per heavy atom. The van der Waals surface area contributed by atoms with Gasteiger partial charge in [0, 0.05) is 30.3 Å². The summed E-state index contributed by atoms with van der Waals surface area (Å²) in [6.07, 6.45) is 4.48. The second-order valence-corrected chi connectivity index (χ2v) is 6.36. The quantitative estimate of drug-likeness (QED) is 0.942. The summed E-state index contributed by atoms with van der Waals surface area (Å²) >= 11 is 1.61. The summed E-state index contributed by atoms with van der Waals surface area (Å²) in [6, 6.07) is 3.99. The third-order valence-electron chi connectivity index (χ3n) is 3.84. The number of hydrogen-bond acceptors (Lipinski definition) is 4. The number of carbonyl (C=O) groups is 1. The Balaban J connectivity index is 1.67. The lowest BCUT2D eigenvalue weighted by molar-refractivity contribution is -0.123. The van der Waals surface area contributed by atoms with Crippen molar-refractivity contribution in [3.8, 4) is 0 Å². The standard InChI is InChI=1S/C15H19N3O2S/c1-10(13-4-3-7-21-13)15(19)17-12-5-6-20-14(12)11-8-16-18(2)9-11/h3-4,7-10,12,14H,5-6H2,1-2H3,(H,17,19)/t10?,12-,14+/m0/s1. The number of aryl methyl sites for hydroxylation is 1.